The van der Waals surface area contributed by atoms with Crippen molar-refractivity contribution in [1.29, 1.82) is 0 Å². The van der Waals surface area contributed by atoms with Crippen molar-refractivity contribution in [2.24, 2.45) is 5.41 Å². The van der Waals surface area contributed by atoms with Crippen molar-refractivity contribution >= 4 is 0 Å². The molecule has 1 unspecified atom stereocenters. The van der Waals surface area contributed by atoms with Crippen LogP contribution in [0.5, 0.6) is 0 Å². The van der Waals surface area contributed by atoms with E-state index in [1.165, 1.54) is 32.1 Å². The Morgan fingerprint density at radius 1 is 1.18 bits per heavy atom. The summed E-state index contributed by atoms with van der Waals surface area (Å²) >= 11 is 0. The van der Waals surface area contributed by atoms with E-state index < -0.39 is 0 Å². The van der Waals surface area contributed by atoms with Gasteiger partial charge in [0.15, 0.2) is 0 Å². The minimum absolute atomic E-state index is 0. The zero-order valence-electron chi connectivity index (χ0n) is 12.3. The maximum Gasteiger partial charge on any atom is 1.00 e. The van der Waals surface area contributed by atoms with E-state index in [1.54, 1.807) is 0 Å². The van der Waals surface area contributed by atoms with Gasteiger partial charge in [0.1, 0.15) is 6.29 Å². The molecular formula is C14H27LiO2. The van der Waals surface area contributed by atoms with E-state index in [0.29, 0.717) is 6.10 Å². The molecule has 0 aromatic carbocycles. The van der Waals surface area contributed by atoms with Crippen LogP contribution >= 0.6 is 0 Å². The molecule has 1 saturated heterocycles. The summed E-state index contributed by atoms with van der Waals surface area (Å²) in [5, 5.41) is 0. The Bertz CT molecular complexity index is 189. The molecule has 2 nitrogen and oxygen atoms in total. The molecule has 1 fully saturated rings. The van der Waals surface area contributed by atoms with Gasteiger partial charge in [0.2, 0.25) is 0 Å². The standard InChI is InChI=1S/C14H27O2.Li/c1-5-6-7-8-9-12-10-11-15-13(16-12)14(2,3)4;/h11-13H,5-10H2,1-4H3;/q-1;+1/t12-,13?;/m0./s1. The summed E-state index contributed by atoms with van der Waals surface area (Å²) < 4.78 is 11.5. The van der Waals surface area contributed by atoms with Gasteiger partial charge in [-0.3, -0.25) is 0 Å². The van der Waals surface area contributed by atoms with Crippen LogP contribution in [0, 0.1) is 12.0 Å². The van der Waals surface area contributed by atoms with E-state index in [2.05, 4.69) is 27.7 Å². The molecule has 0 N–H and O–H groups in total. The van der Waals surface area contributed by atoms with Crippen molar-refractivity contribution in [1.82, 2.24) is 0 Å². The molecule has 1 rings (SSSR count). The maximum atomic E-state index is 5.98. The SMILES string of the molecule is CCCCCC[C@H]1C[CH-]OC(C(C)(C)C)O1.[Li+]. The minimum atomic E-state index is -0.0718. The summed E-state index contributed by atoms with van der Waals surface area (Å²) in [5.41, 5.74) is 0.0680. The van der Waals surface area contributed by atoms with Crippen LogP contribution in [0.1, 0.15) is 66.2 Å². The molecule has 0 saturated carbocycles. The second-order valence-electron chi connectivity index (χ2n) is 5.84. The van der Waals surface area contributed by atoms with Crippen LogP contribution in [0.2, 0.25) is 0 Å². The molecule has 0 aliphatic carbocycles. The predicted octanol–water partition coefficient (Wildman–Crippen LogP) is 1.30. The van der Waals surface area contributed by atoms with Crippen molar-refractivity contribution < 1.29 is 28.3 Å². The molecule has 0 bridgehead atoms. The fourth-order valence-corrected chi connectivity index (χ4v) is 1.91. The van der Waals surface area contributed by atoms with E-state index in [1.807, 2.05) is 6.61 Å². The molecule has 96 valence electrons. The average Bonchev–Trinajstić information content (AvgIpc) is 2.24. The molecule has 0 aromatic heterocycles. The number of ether oxygens (including phenoxy) is 2. The third-order valence-corrected chi connectivity index (χ3v) is 2.98. The molecule has 3 heteroatoms. The summed E-state index contributed by atoms with van der Waals surface area (Å²) in [5.74, 6) is 0. The fraction of sp³-hybridized carbons (Fsp3) is 0.929. The quantitative estimate of drug-likeness (QED) is 0.405. The van der Waals surface area contributed by atoms with Gasteiger partial charge in [-0.2, -0.15) is 0 Å². The van der Waals surface area contributed by atoms with Gasteiger partial charge in [-0.1, -0.05) is 53.4 Å². The monoisotopic (exact) mass is 234 g/mol. The minimum Gasteiger partial charge on any atom is -0.529 e. The Balaban J connectivity index is 0.00000256. The van der Waals surface area contributed by atoms with Gasteiger partial charge in [0.05, 0.1) is 0 Å². The molecule has 1 heterocycles. The molecule has 2 atom stereocenters. The molecule has 1 aliphatic rings. The first kappa shape index (κ1) is 17.5. The second-order valence-corrected chi connectivity index (χ2v) is 5.84. The van der Waals surface area contributed by atoms with Crippen LogP contribution < -0.4 is 18.9 Å². The van der Waals surface area contributed by atoms with E-state index >= 15 is 0 Å². The van der Waals surface area contributed by atoms with Crippen molar-refractivity contribution in [3.05, 3.63) is 6.61 Å². The Morgan fingerprint density at radius 2 is 1.88 bits per heavy atom. The van der Waals surface area contributed by atoms with E-state index in [4.69, 9.17) is 9.47 Å². The Kier molecular flexibility index (Phi) is 8.85. The molecular weight excluding hydrogens is 207 g/mol. The first-order valence-electron chi connectivity index (χ1n) is 6.66. The van der Waals surface area contributed by atoms with E-state index in [-0.39, 0.29) is 30.6 Å². The molecule has 0 spiro atoms. The molecule has 0 amide bonds. The first-order valence-corrected chi connectivity index (χ1v) is 6.66. The Hall–Kier alpha value is 0.517. The van der Waals surface area contributed by atoms with Gasteiger partial charge in [-0.05, 0) is 6.42 Å². The van der Waals surface area contributed by atoms with Crippen molar-refractivity contribution in [2.75, 3.05) is 0 Å². The van der Waals surface area contributed by atoms with Crippen LogP contribution in [-0.4, -0.2) is 12.4 Å². The van der Waals surface area contributed by atoms with Crippen LogP contribution in [0.25, 0.3) is 0 Å². The smallest absolute Gasteiger partial charge is 0.529 e. The van der Waals surface area contributed by atoms with Gasteiger partial charge in [0, 0.05) is 11.5 Å². The third-order valence-electron chi connectivity index (χ3n) is 2.98. The van der Waals surface area contributed by atoms with Crippen molar-refractivity contribution in [2.45, 2.75) is 78.6 Å². The molecule has 17 heavy (non-hydrogen) atoms. The zero-order chi connectivity index (χ0) is 12.0. The zero-order valence-corrected chi connectivity index (χ0v) is 12.3. The summed E-state index contributed by atoms with van der Waals surface area (Å²) in [6, 6.07) is 0. The number of hydrogen-bond donors (Lipinski definition) is 0. The summed E-state index contributed by atoms with van der Waals surface area (Å²) in [6.07, 6.45) is 7.67. The fourth-order valence-electron chi connectivity index (χ4n) is 1.91. The number of unbranched alkanes of at least 4 members (excludes halogenated alkanes) is 3. The molecule has 0 aromatic rings. The van der Waals surface area contributed by atoms with Crippen LogP contribution in [0.4, 0.5) is 0 Å². The van der Waals surface area contributed by atoms with Gasteiger partial charge in [-0.15, -0.1) is 6.42 Å². The second kappa shape index (κ2) is 8.59. The summed E-state index contributed by atoms with van der Waals surface area (Å²) in [6.45, 7) is 10.7. The Labute approximate surface area is 119 Å². The van der Waals surface area contributed by atoms with Gasteiger partial charge >= 0.3 is 18.9 Å². The largest absolute Gasteiger partial charge is 1.00 e. The van der Waals surface area contributed by atoms with E-state index in [9.17, 15) is 0 Å². The normalized spacial score (nSPS) is 25.4. The van der Waals surface area contributed by atoms with Crippen LogP contribution in [0.15, 0.2) is 0 Å². The maximum absolute atomic E-state index is 5.98. The molecule has 0 radical (unpaired) electrons. The predicted molar refractivity (Wildman–Crippen MR) is 66.9 cm³/mol. The summed E-state index contributed by atoms with van der Waals surface area (Å²) in [7, 11) is 0. The van der Waals surface area contributed by atoms with Crippen molar-refractivity contribution in [3.63, 3.8) is 0 Å². The summed E-state index contributed by atoms with van der Waals surface area (Å²) in [4.78, 5) is 0. The van der Waals surface area contributed by atoms with E-state index in [0.717, 1.165) is 6.42 Å². The van der Waals surface area contributed by atoms with Crippen LogP contribution in [-0.2, 0) is 9.47 Å². The van der Waals surface area contributed by atoms with Crippen LogP contribution in [0.3, 0.4) is 0 Å². The van der Waals surface area contributed by atoms with Gasteiger partial charge in [-0.25, -0.2) is 6.61 Å². The Morgan fingerprint density at radius 3 is 2.47 bits per heavy atom. The van der Waals surface area contributed by atoms with Gasteiger partial charge in [0.25, 0.3) is 0 Å². The van der Waals surface area contributed by atoms with Crippen molar-refractivity contribution in [3.8, 4) is 0 Å². The first-order chi connectivity index (χ1) is 7.54. The number of hydrogen-bond acceptors (Lipinski definition) is 2. The van der Waals surface area contributed by atoms with Gasteiger partial charge < -0.3 is 9.47 Å². The number of rotatable bonds is 5. The molecule has 1 aliphatic heterocycles. The third kappa shape index (κ3) is 6.87. The average molecular weight is 234 g/mol. The topological polar surface area (TPSA) is 18.5 Å².